The van der Waals surface area contributed by atoms with E-state index in [2.05, 4.69) is 27.5 Å². The van der Waals surface area contributed by atoms with Gasteiger partial charge < -0.3 is 15.7 Å². The van der Waals surface area contributed by atoms with Gasteiger partial charge >= 0.3 is 0 Å². The highest BCUT2D eigenvalue weighted by molar-refractivity contribution is 5.47. The molecule has 0 aliphatic rings. The molecule has 5 heteroatoms. The lowest BCUT2D eigenvalue weighted by Gasteiger charge is -2.23. The average molecular weight is 238 g/mol. The molecular formula is C12H22N4O. The predicted molar refractivity (Wildman–Crippen MR) is 70.3 cm³/mol. The molecule has 0 aliphatic heterocycles. The molecule has 1 aromatic rings. The second-order valence-corrected chi connectivity index (χ2v) is 4.54. The van der Waals surface area contributed by atoms with E-state index in [1.807, 2.05) is 27.0 Å². The predicted octanol–water partition coefficient (Wildman–Crippen LogP) is 1.79. The van der Waals surface area contributed by atoms with E-state index in [0.29, 0.717) is 12.4 Å². The second-order valence-electron chi connectivity index (χ2n) is 4.54. The third-order valence-electron chi connectivity index (χ3n) is 2.53. The van der Waals surface area contributed by atoms with Crippen LogP contribution in [0, 0.1) is 6.92 Å². The minimum Gasteiger partial charge on any atom is -0.388 e. The van der Waals surface area contributed by atoms with Crippen molar-refractivity contribution >= 4 is 11.6 Å². The SMILES string of the molecule is CCCC(C)(O)CNc1cc(NC)nc(C)n1. The summed E-state index contributed by atoms with van der Waals surface area (Å²) in [6.07, 6.45) is 1.72. The first-order chi connectivity index (χ1) is 7.96. The molecule has 1 rings (SSSR count). The van der Waals surface area contributed by atoms with Crippen LogP contribution in [0.25, 0.3) is 0 Å². The van der Waals surface area contributed by atoms with Crippen LogP contribution in [0.4, 0.5) is 11.6 Å². The van der Waals surface area contributed by atoms with Crippen molar-refractivity contribution in [2.45, 2.75) is 39.2 Å². The summed E-state index contributed by atoms with van der Waals surface area (Å²) in [6.45, 7) is 6.22. The van der Waals surface area contributed by atoms with Crippen LogP contribution < -0.4 is 10.6 Å². The number of anilines is 2. The van der Waals surface area contributed by atoms with Crippen molar-refractivity contribution in [3.63, 3.8) is 0 Å². The summed E-state index contributed by atoms with van der Waals surface area (Å²) >= 11 is 0. The maximum Gasteiger partial charge on any atom is 0.131 e. The molecule has 1 heterocycles. The molecule has 0 aromatic carbocycles. The van der Waals surface area contributed by atoms with Crippen molar-refractivity contribution in [2.75, 3.05) is 24.2 Å². The van der Waals surface area contributed by atoms with E-state index in [1.165, 1.54) is 0 Å². The number of aliphatic hydroxyl groups is 1. The van der Waals surface area contributed by atoms with Gasteiger partial charge in [0.15, 0.2) is 0 Å². The summed E-state index contributed by atoms with van der Waals surface area (Å²) in [4.78, 5) is 8.48. The minimum absolute atomic E-state index is 0.487. The number of rotatable bonds is 6. The molecule has 96 valence electrons. The molecule has 3 N–H and O–H groups in total. The normalized spacial score (nSPS) is 14.2. The Morgan fingerprint density at radius 3 is 2.59 bits per heavy atom. The summed E-state index contributed by atoms with van der Waals surface area (Å²) in [7, 11) is 1.82. The zero-order valence-electron chi connectivity index (χ0n) is 11.0. The van der Waals surface area contributed by atoms with Crippen molar-refractivity contribution in [1.82, 2.24) is 9.97 Å². The Labute approximate surface area is 103 Å². The second kappa shape index (κ2) is 5.82. The van der Waals surface area contributed by atoms with Crippen LogP contribution in [0.3, 0.4) is 0 Å². The zero-order chi connectivity index (χ0) is 12.9. The molecule has 1 atom stereocenters. The highest BCUT2D eigenvalue weighted by atomic mass is 16.3. The van der Waals surface area contributed by atoms with E-state index in [4.69, 9.17) is 0 Å². The van der Waals surface area contributed by atoms with Crippen LogP contribution in [0.5, 0.6) is 0 Å². The number of nitrogens with zero attached hydrogens (tertiary/aromatic N) is 2. The molecule has 0 bridgehead atoms. The highest BCUT2D eigenvalue weighted by Crippen LogP contribution is 2.15. The summed E-state index contributed by atoms with van der Waals surface area (Å²) in [5.41, 5.74) is -0.701. The van der Waals surface area contributed by atoms with Crippen LogP contribution in [0.15, 0.2) is 6.07 Å². The van der Waals surface area contributed by atoms with Crippen molar-refractivity contribution < 1.29 is 5.11 Å². The van der Waals surface area contributed by atoms with Gasteiger partial charge in [-0.25, -0.2) is 9.97 Å². The third-order valence-corrected chi connectivity index (χ3v) is 2.53. The monoisotopic (exact) mass is 238 g/mol. The van der Waals surface area contributed by atoms with E-state index >= 15 is 0 Å². The number of hydrogen-bond donors (Lipinski definition) is 3. The van der Waals surface area contributed by atoms with Crippen molar-refractivity contribution in [1.29, 1.82) is 0 Å². The number of nitrogens with one attached hydrogen (secondary N) is 2. The van der Waals surface area contributed by atoms with Crippen LogP contribution >= 0.6 is 0 Å². The van der Waals surface area contributed by atoms with Crippen LogP contribution in [0.1, 0.15) is 32.5 Å². The molecule has 0 aliphatic carbocycles. The van der Waals surface area contributed by atoms with Gasteiger partial charge in [-0.3, -0.25) is 0 Å². The highest BCUT2D eigenvalue weighted by Gasteiger charge is 2.18. The molecule has 1 unspecified atom stereocenters. The lowest BCUT2D eigenvalue weighted by molar-refractivity contribution is 0.0636. The standard InChI is InChI=1S/C12H22N4O/c1-5-6-12(3,17)8-14-11-7-10(13-4)15-9(2)16-11/h7,17H,5-6,8H2,1-4H3,(H2,13,14,15,16). The van der Waals surface area contributed by atoms with Crippen LogP contribution in [-0.2, 0) is 0 Å². The average Bonchev–Trinajstić information content (AvgIpc) is 2.26. The molecule has 17 heavy (non-hydrogen) atoms. The molecule has 0 amide bonds. The van der Waals surface area contributed by atoms with E-state index in [0.717, 1.165) is 24.5 Å². The summed E-state index contributed by atoms with van der Waals surface area (Å²) in [6, 6.07) is 1.83. The smallest absolute Gasteiger partial charge is 0.131 e. The topological polar surface area (TPSA) is 70.1 Å². The Morgan fingerprint density at radius 2 is 2.00 bits per heavy atom. The third kappa shape index (κ3) is 4.56. The first kappa shape index (κ1) is 13.7. The van der Waals surface area contributed by atoms with Crippen molar-refractivity contribution in [3.05, 3.63) is 11.9 Å². The first-order valence-electron chi connectivity index (χ1n) is 5.96. The molecule has 0 spiro atoms. The zero-order valence-corrected chi connectivity index (χ0v) is 11.0. The van der Waals surface area contributed by atoms with Gasteiger partial charge in [-0.1, -0.05) is 13.3 Å². The largest absolute Gasteiger partial charge is 0.388 e. The van der Waals surface area contributed by atoms with E-state index in [-0.39, 0.29) is 0 Å². The van der Waals surface area contributed by atoms with Gasteiger partial charge in [0, 0.05) is 19.7 Å². The molecule has 0 saturated carbocycles. The molecule has 1 aromatic heterocycles. The maximum absolute atomic E-state index is 10.1. The first-order valence-corrected chi connectivity index (χ1v) is 5.96. The van der Waals surface area contributed by atoms with Crippen LogP contribution in [-0.4, -0.2) is 34.3 Å². The summed E-state index contributed by atoms with van der Waals surface area (Å²) in [5, 5.41) is 16.2. The molecule has 0 fully saturated rings. The lowest BCUT2D eigenvalue weighted by atomic mass is 10.0. The Bertz CT molecular complexity index is 366. The molecular weight excluding hydrogens is 216 g/mol. The maximum atomic E-state index is 10.1. The van der Waals surface area contributed by atoms with E-state index in [1.54, 1.807) is 0 Å². The van der Waals surface area contributed by atoms with Gasteiger partial charge in [0.05, 0.1) is 5.60 Å². The fourth-order valence-electron chi connectivity index (χ4n) is 1.69. The quantitative estimate of drug-likeness (QED) is 0.705. The lowest BCUT2D eigenvalue weighted by Crippen LogP contribution is -2.33. The van der Waals surface area contributed by atoms with Crippen LogP contribution in [0.2, 0.25) is 0 Å². The van der Waals surface area contributed by atoms with E-state index in [9.17, 15) is 5.11 Å². The summed E-state index contributed by atoms with van der Waals surface area (Å²) in [5.74, 6) is 2.21. The Morgan fingerprint density at radius 1 is 1.35 bits per heavy atom. The van der Waals surface area contributed by atoms with Gasteiger partial charge in [-0.15, -0.1) is 0 Å². The number of aryl methyl sites for hydroxylation is 1. The number of aromatic nitrogens is 2. The van der Waals surface area contributed by atoms with E-state index < -0.39 is 5.60 Å². The number of hydrogen-bond acceptors (Lipinski definition) is 5. The Balaban J connectivity index is 2.65. The minimum atomic E-state index is -0.701. The molecule has 0 saturated heterocycles. The Hall–Kier alpha value is -1.36. The van der Waals surface area contributed by atoms with Gasteiger partial charge in [-0.2, -0.15) is 0 Å². The van der Waals surface area contributed by atoms with Gasteiger partial charge in [0.25, 0.3) is 0 Å². The Kier molecular flexibility index (Phi) is 4.69. The molecule has 5 nitrogen and oxygen atoms in total. The fraction of sp³-hybridized carbons (Fsp3) is 0.667. The van der Waals surface area contributed by atoms with Gasteiger partial charge in [0.2, 0.25) is 0 Å². The summed E-state index contributed by atoms with van der Waals surface area (Å²) < 4.78 is 0. The molecule has 0 radical (unpaired) electrons. The van der Waals surface area contributed by atoms with Crippen molar-refractivity contribution in [3.8, 4) is 0 Å². The fourth-order valence-corrected chi connectivity index (χ4v) is 1.69. The van der Waals surface area contributed by atoms with Gasteiger partial charge in [0.1, 0.15) is 17.5 Å². The van der Waals surface area contributed by atoms with Gasteiger partial charge in [-0.05, 0) is 20.3 Å². The van der Waals surface area contributed by atoms with Crippen molar-refractivity contribution in [2.24, 2.45) is 0 Å².